The summed E-state index contributed by atoms with van der Waals surface area (Å²) in [6, 6.07) is 7.23. The Morgan fingerprint density at radius 2 is 2.18 bits per heavy atom. The molecular weight excluding hydrogens is 398 g/mol. The molecule has 8 heteroatoms. The standard InChI is InChI=1S/C20H20ClN3O3S/c1-11-17(19(26)27-2)18(12-4-3-5-13(21)8-12)24-15(10-28-20(24)22-11)9-16(25)23-14-6-7-14/h3-5,8,10,14,18H,6-7,9H2,1-2H3,(H,23,25). The van der Waals surface area contributed by atoms with Crippen LogP contribution in [0.3, 0.4) is 0 Å². The van der Waals surface area contributed by atoms with E-state index >= 15 is 0 Å². The Morgan fingerprint density at radius 3 is 2.86 bits per heavy atom. The molecule has 1 aliphatic carbocycles. The molecule has 1 fully saturated rings. The van der Waals surface area contributed by atoms with Crippen molar-refractivity contribution in [3.8, 4) is 0 Å². The van der Waals surface area contributed by atoms with Crippen molar-refractivity contribution in [3.05, 3.63) is 57.2 Å². The maximum absolute atomic E-state index is 12.6. The molecule has 1 aromatic rings. The third-order valence-electron chi connectivity index (χ3n) is 4.85. The van der Waals surface area contributed by atoms with Crippen molar-refractivity contribution >= 4 is 40.4 Å². The number of hydrogen-bond acceptors (Lipinski definition) is 6. The van der Waals surface area contributed by atoms with Gasteiger partial charge in [0.25, 0.3) is 0 Å². The molecule has 0 radical (unpaired) electrons. The van der Waals surface area contributed by atoms with Crippen LogP contribution < -0.4 is 5.32 Å². The van der Waals surface area contributed by atoms with Crippen LogP contribution in [0, 0.1) is 0 Å². The van der Waals surface area contributed by atoms with Crippen LogP contribution in [0.5, 0.6) is 0 Å². The molecule has 6 nitrogen and oxygen atoms in total. The molecule has 146 valence electrons. The second kappa shape index (κ2) is 7.64. The number of methoxy groups -OCH3 is 1. The highest BCUT2D eigenvalue weighted by atomic mass is 35.5. The van der Waals surface area contributed by atoms with Crippen LogP contribution in [0.25, 0.3) is 0 Å². The number of hydrogen-bond donors (Lipinski definition) is 1. The summed E-state index contributed by atoms with van der Waals surface area (Å²) in [7, 11) is 1.36. The molecule has 4 rings (SSSR count). The first kappa shape index (κ1) is 19.1. The van der Waals surface area contributed by atoms with Gasteiger partial charge < -0.3 is 15.0 Å². The zero-order valence-electron chi connectivity index (χ0n) is 15.6. The van der Waals surface area contributed by atoms with Gasteiger partial charge in [0.2, 0.25) is 5.91 Å². The van der Waals surface area contributed by atoms with Gasteiger partial charge >= 0.3 is 5.97 Å². The van der Waals surface area contributed by atoms with E-state index in [4.69, 9.17) is 16.3 Å². The van der Waals surface area contributed by atoms with Gasteiger partial charge in [-0.2, -0.15) is 0 Å². The van der Waals surface area contributed by atoms with E-state index in [1.165, 1.54) is 18.9 Å². The van der Waals surface area contributed by atoms with E-state index in [0.717, 1.165) is 29.3 Å². The van der Waals surface area contributed by atoms with E-state index < -0.39 is 12.0 Å². The number of thioether (sulfide) groups is 1. The number of carbonyl (C=O) groups is 2. The van der Waals surface area contributed by atoms with Gasteiger partial charge in [-0.1, -0.05) is 35.5 Å². The number of allylic oxidation sites excluding steroid dienone is 1. The van der Waals surface area contributed by atoms with Gasteiger partial charge in [-0.25, -0.2) is 9.79 Å². The Bertz CT molecular complexity index is 936. The third-order valence-corrected chi connectivity index (χ3v) is 5.98. The van der Waals surface area contributed by atoms with E-state index in [1.807, 2.05) is 28.5 Å². The van der Waals surface area contributed by atoms with Gasteiger partial charge in [0.15, 0.2) is 5.17 Å². The SMILES string of the molecule is COC(=O)C1=C(C)N=C2SC=C(CC(=O)NC3CC3)N2C1c1cccc(Cl)c1. The van der Waals surface area contributed by atoms with Gasteiger partial charge in [0, 0.05) is 16.8 Å². The third kappa shape index (κ3) is 3.69. The van der Waals surface area contributed by atoms with Crippen molar-refractivity contribution in [1.29, 1.82) is 0 Å². The Morgan fingerprint density at radius 1 is 1.39 bits per heavy atom. The smallest absolute Gasteiger partial charge is 0.338 e. The second-order valence-corrected chi connectivity index (χ2v) is 8.23. The first-order valence-corrected chi connectivity index (χ1v) is 10.3. The van der Waals surface area contributed by atoms with Crippen molar-refractivity contribution < 1.29 is 14.3 Å². The molecule has 28 heavy (non-hydrogen) atoms. The maximum Gasteiger partial charge on any atom is 0.338 e. The molecule has 1 aromatic carbocycles. The normalized spacial score (nSPS) is 21.1. The number of esters is 1. The Hall–Kier alpha value is -2.25. The summed E-state index contributed by atoms with van der Waals surface area (Å²) < 4.78 is 5.04. The zero-order valence-corrected chi connectivity index (χ0v) is 17.1. The highest BCUT2D eigenvalue weighted by Crippen LogP contribution is 2.45. The van der Waals surface area contributed by atoms with Gasteiger partial charge in [-0.15, -0.1) is 0 Å². The summed E-state index contributed by atoms with van der Waals surface area (Å²) in [5, 5.41) is 6.26. The summed E-state index contributed by atoms with van der Waals surface area (Å²) in [5.74, 6) is -0.463. The van der Waals surface area contributed by atoms with Crippen LogP contribution in [0.4, 0.5) is 0 Å². The molecule has 0 bridgehead atoms. The molecule has 1 N–H and O–H groups in total. The topological polar surface area (TPSA) is 71.0 Å². The summed E-state index contributed by atoms with van der Waals surface area (Å²) in [6.07, 6.45) is 2.30. The van der Waals surface area contributed by atoms with E-state index in [0.29, 0.717) is 22.3 Å². The van der Waals surface area contributed by atoms with Crippen LogP contribution in [-0.4, -0.2) is 35.1 Å². The highest BCUT2D eigenvalue weighted by molar-refractivity contribution is 8.16. The molecule has 1 saturated carbocycles. The van der Waals surface area contributed by atoms with Crippen LogP contribution in [0.15, 0.2) is 51.6 Å². The highest BCUT2D eigenvalue weighted by Gasteiger charge is 2.41. The summed E-state index contributed by atoms with van der Waals surface area (Å²) in [4.78, 5) is 31.5. The molecule has 3 aliphatic rings. The number of fused-ring (bicyclic) bond motifs is 1. The molecule has 0 spiro atoms. The van der Waals surface area contributed by atoms with E-state index in [-0.39, 0.29) is 12.3 Å². The van der Waals surface area contributed by atoms with Crippen molar-refractivity contribution in [2.24, 2.45) is 4.99 Å². The monoisotopic (exact) mass is 417 g/mol. The van der Waals surface area contributed by atoms with Gasteiger partial charge in [0.1, 0.15) is 0 Å². The maximum atomic E-state index is 12.6. The number of halogens is 1. The minimum atomic E-state index is -0.450. The molecule has 1 atom stereocenters. The largest absolute Gasteiger partial charge is 0.466 e. The van der Waals surface area contributed by atoms with Crippen molar-refractivity contribution in [1.82, 2.24) is 10.2 Å². The Balaban J connectivity index is 1.72. The lowest BCUT2D eigenvalue weighted by atomic mass is 9.94. The van der Waals surface area contributed by atoms with Crippen LogP contribution in [0.1, 0.15) is 37.8 Å². The molecule has 2 aliphatic heterocycles. The molecule has 1 unspecified atom stereocenters. The number of amides is 1. The Kier molecular flexibility index (Phi) is 5.21. The first-order chi connectivity index (χ1) is 13.5. The minimum Gasteiger partial charge on any atom is -0.466 e. The minimum absolute atomic E-state index is 0.0219. The molecule has 1 amide bonds. The number of rotatable bonds is 5. The lowest BCUT2D eigenvalue weighted by molar-refractivity contribution is -0.136. The molecule has 2 heterocycles. The lowest BCUT2D eigenvalue weighted by Gasteiger charge is -2.36. The number of benzene rings is 1. The lowest BCUT2D eigenvalue weighted by Crippen LogP contribution is -2.38. The average molecular weight is 418 g/mol. The summed E-state index contributed by atoms with van der Waals surface area (Å²) in [6.45, 7) is 1.80. The van der Waals surface area contributed by atoms with E-state index in [1.54, 1.807) is 13.0 Å². The fourth-order valence-electron chi connectivity index (χ4n) is 3.40. The predicted molar refractivity (Wildman–Crippen MR) is 110 cm³/mol. The van der Waals surface area contributed by atoms with Gasteiger partial charge in [0.05, 0.1) is 30.8 Å². The van der Waals surface area contributed by atoms with Gasteiger partial charge in [-0.3, -0.25) is 4.79 Å². The molecular formula is C20H20ClN3O3S. The van der Waals surface area contributed by atoms with E-state index in [9.17, 15) is 9.59 Å². The average Bonchev–Trinajstić information content (AvgIpc) is 3.39. The quantitative estimate of drug-likeness (QED) is 0.738. The first-order valence-electron chi connectivity index (χ1n) is 9.05. The number of amidine groups is 1. The molecule has 0 saturated heterocycles. The zero-order chi connectivity index (χ0) is 19.8. The number of ether oxygens (including phenoxy) is 1. The number of nitrogens with zero attached hydrogens (tertiary/aromatic N) is 2. The fourth-order valence-corrected chi connectivity index (χ4v) is 4.57. The second-order valence-electron chi connectivity index (χ2n) is 6.96. The molecule has 0 aromatic heterocycles. The van der Waals surface area contributed by atoms with Gasteiger partial charge in [-0.05, 0) is 42.9 Å². The summed E-state index contributed by atoms with van der Waals surface area (Å²) in [5.41, 5.74) is 2.70. The van der Waals surface area contributed by atoms with Crippen LogP contribution >= 0.6 is 23.4 Å². The van der Waals surface area contributed by atoms with Crippen LogP contribution in [-0.2, 0) is 14.3 Å². The fraction of sp³-hybridized carbons (Fsp3) is 0.350. The van der Waals surface area contributed by atoms with Crippen molar-refractivity contribution in [3.63, 3.8) is 0 Å². The van der Waals surface area contributed by atoms with Crippen molar-refractivity contribution in [2.75, 3.05) is 7.11 Å². The van der Waals surface area contributed by atoms with Crippen molar-refractivity contribution in [2.45, 2.75) is 38.3 Å². The predicted octanol–water partition coefficient (Wildman–Crippen LogP) is 3.76. The van der Waals surface area contributed by atoms with E-state index in [2.05, 4.69) is 10.3 Å². The number of nitrogens with one attached hydrogen (secondary N) is 1. The number of aliphatic imine (C=N–C) groups is 1. The summed E-state index contributed by atoms with van der Waals surface area (Å²) >= 11 is 7.68. The number of carbonyl (C=O) groups excluding carboxylic acids is 2. The van der Waals surface area contributed by atoms with Crippen LogP contribution in [0.2, 0.25) is 5.02 Å². The Labute approximate surface area is 172 Å².